The Morgan fingerprint density at radius 3 is 2.11 bits per heavy atom. The Labute approximate surface area is 159 Å². The summed E-state index contributed by atoms with van der Waals surface area (Å²) in [4.78, 5) is 6.56. The topological polar surface area (TPSA) is 12.5 Å². The zero-order valence-electron chi connectivity index (χ0n) is 15.2. The van der Waals surface area contributed by atoms with Crippen molar-refractivity contribution in [3.8, 4) is 0 Å². The average Bonchev–Trinajstić information content (AvgIpc) is 3.11. The maximum atomic E-state index is 6.56. The molecule has 1 aliphatic carbocycles. The second kappa shape index (κ2) is 5.83. The Kier molecular flexibility index (Phi) is 3.29. The molecular formula is C25H21NO. The number of benzene rings is 3. The maximum Gasteiger partial charge on any atom is 0.160 e. The summed E-state index contributed by atoms with van der Waals surface area (Å²) < 4.78 is 0. The predicted molar refractivity (Wildman–Crippen MR) is 108 cm³/mol. The predicted octanol–water partition coefficient (Wildman–Crippen LogP) is 5.20. The zero-order valence-corrected chi connectivity index (χ0v) is 15.2. The quantitative estimate of drug-likeness (QED) is 0.552. The minimum atomic E-state index is 0.178. The Hall–Kier alpha value is -2.84. The van der Waals surface area contributed by atoms with Crippen LogP contribution < -0.4 is 0 Å². The van der Waals surface area contributed by atoms with Crippen LogP contribution in [-0.2, 0) is 24.1 Å². The molecule has 2 heterocycles. The Morgan fingerprint density at radius 2 is 1.30 bits per heavy atom. The van der Waals surface area contributed by atoms with Gasteiger partial charge in [0, 0.05) is 17.7 Å². The molecule has 0 bridgehead atoms. The van der Waals surface area contributed by atoms with Crippen molar-refractivity contribution in [2.75, 3.05) is 6.54 Å². The summed E-state index contributed by atoms with van der Waals surface area (Å²) in [6.07, 6.45) is 3.16. The van der Waals surface area contributed by atoms with Gasteiger partial charge in [0.1, 0.15) is 6.04 Å². The average molecular weight is 351 g/mol. The third-order valence-corrected chi connectivity index (χ3v) is 6.20. The molecule has 0 N–H and O–H groups in total. The first-order valence-corrected chi connectivity index (χ1v) is 9.83. The normalized spacial score (nSPS) is 20.4. The summed E-state index contributed by atoms with van der Waals surface area (Å²) in [6, 6.07) is 26.7. The summed E-state index contributed by atoms with van der Waals surface area (Å²) in [5.74, 6) is 1.06. The number of rotatable bonds is 0. The highest BCUT2D eigenvalue weighted by atomic mass is 16.7. The van der Waals surface area contributed by atoms with Gasteiger partial charge >= 0.3 is 0 Å². The van der Waals surface area contributed by atoms with Gasteiger partial charge in [-0.15, -0.1) is 5.06 Å². The summed E-state index contributed by atoms with van der Waals surface area (Å²) >= 11 is 0. The Bertz CT molecular complexity index is 1080. The number of aryl methyl sites for hydroxylation is 2. The van der Waals surface area contributed by atoms with Crippen LogP contribution in [0.2, 0.25) is 0 Å². The van der Waals surface area contributed by atoms with Crippen LogP contribution >= 0.6 is 0 Å². The van der Waals surface area contributed by atoms with Crippen molar-refractivity contribution >= 4 is 11.3 Å². The van der Waals surface area contributed by atoms with Gasteiger partial charge in [-0.2, -0.15) is 0 Å². The van der Waals surface area contributed by atoms with Crippen LogP contribution in [0, 0.1) is 0 Å². The largest absolute Gasteiger partial charge is 0.404 e. The molecular weight excluding hydrogens is 330 g/mol. The highest BCUT2D eigenvalue weighted by molar-refractivity contribution is 5.94. The number of hydroxylamine groups is 2. The number of hydrogen-bond donors (Lipinski definition) is 0. The first-order chi connectivity index (χ1) is 13.4. The molecule has 1 unspecified atom stereocenters. The second-order valence-electron chi connectivity index (χ2n) is 7.64. The van der Waals surface area contributed by atoms with Gasteiger partial charge < -0.3 is 4.84 Å². The lowest BCUT2D eigenvalue weighted by Gasteiger charge is -2.31. The van der Waals surface area contributed by atoms with E-state index in [-0.39, 0.29) is 6.04 Å². The third kappa shape index (κ3) is 2.23. The molecule has 0 saturated carbocycles. The molecule has 0 saturated heterocycles. The first-order valence-electron chi connectivity index (χ1n) is 9.83. The van der Waals surface area contributed by atoms with Gasteiger partial charge in [0.15, 0.2) is 5.76 Å². The number of fused-ring (bicyclic) bond motifs is 8. The second-order valence-corrected chi connectivity index (χ2v) is 7.64. The van der Waals surface area contributed by atoms with Gasteiger partial charge in [-0.1, -0.05) is 72.8 Å². The summed E-state index contributed by atoms with van der Waals surface area (Å²) in [6.45, 7) is 0.930. The van der Waals surface area contributed by atoms with E-state index >= 15 is 0 Å². The van der Waals surface area contributed by atoms with Crippen molar-refractivity contribution in [1.29, 1.82) is 0 Å². The van der Waals surface area contributed by atoms with E-state index in [2.05, 4.69) is 77.9 Å². The van der Waals surface area contributed by atoms with Gasteiger partial charge in [0.25, 0.3) is 0 Å². The van der Waals surface area contributed by atoms with Crippen LogP contribution in [0.5, 0.6) is 0 Å². The van der Waals surface area contributed by atoms with Crippen molar-refractivity contribution in [2.45, 2.75) is 25.3 Å². The number of nitrogens with zero attached hydrogens (tertiary/aromatic N) is 1. The van der Waals surface area contributed by atoms with Crippen LogP contribution in [0.25, 0.3) is 11.3 Å². The fourth-order valence-electron chi connectivity index (χ4n) is 4.93. The molecule has 0 fully saturated rings. The first kappa shape index (κ1) is 15.2. The van der Waals surface area contributed by atoms with E-state index in [9.17, 15) is 0 Å². The molecule has 3 aliphatic rings. The van der Waals surface area contributed by atoms with Crippen LogP contribution in [-0.4, -0.2) is 11.6 Å². The highest BCUT2D eigenvalue weighted by Gasteiger charge is 2.42. The Morgan fingerprint density at radius 1 is 0.667 bits per heavy atom. The standard InChI is InChI=1S/C25H21NO/c1-4-10-20-17(7-1)13-14-18-8-3-6-12-22(18)25-23(20)24-21-11-5-2-9-19(21)15-16-26(24)27-25/h1-12,24H,13-16H2. The van der Waals surface area contributed by atoms with Crippen LogP contribution in [0.3, 0.4) is 0 Å². The molecule has 3 aromatic carbocycles. The molecule has 3 aromatic rings. The van der Waals surface area contributed by atoms with Crippen molar-refractivity contribution in [1.82, 2.24) is 5.06 Å². The molecule has 1 atom stereocenters. The molecule has 0 spiro atoms. The maximum absolute atomic E-state index is 6.56. The smallest absolute Gasteiger partial charge is 0.160 e. The molecule has 6 rings (SSSR count). The van der Waals surface area contributed by atoms with Crippen LogP contribution in [0.15, 0.2) is 72.8 Å². The summed E-state index contributed by atoms with van der Waals surface area (Å²) in [5, 5.41) is 2.20. The molecule has 2 nitrogen and oxygen atoms in total. The Balaban J connectivity index is 1.66. The molecule has 27 heavy (non-hydrogen) atoms. The number of hydrogen-bond acceptors (Lipinski definition) is 2. The van der Waals surface area contributed by atoms with Gasteiger partial charge in [0.2, 0.25) is 0 Å². The van der Waals surface area contributed by atoms with E-state index < -0.39 is 0 Å². The van der Waals surface area contributed by atoms with E-state index in [1.54, 1.807) is 0 Å². The fraction of sp³-hybridized carbons (Fsp3) is 0.200. The summed E-state index contributed by atoms with van der Waals surface area (Å²) in [5.41, 5.74) is 9.59. The molecule has 132 valence electrons. The minimum absolute atomic E-state index is 0.178. The zero-order chi connectivity index (χ0) is 17.8. The van der Waals surface area contributed by atoms with E-state index in [0.717, 1.165) is 31.6 Å². The molecule has 0 aromatic heterocycles. The highest BCUT2D eigenvalue weighted by Crippen LogP contribution is 2.51. The van der Waals surface area contributed by atoms with Gasteiger partial charge in [0.05, 0.1) is 0 Å². The molecule has 0 radical (unpaired) electrons. The monoisotopic (exact) mass is 351 g/mol. The van der Waals surface area contributed by atoms with Gasteiger partial charge in [-0.05, 0) is 47.1 Å². The van der Waals surface area contributed by atoms with Crippen molar-refractivity contribution < 1.29 is 4.84 Å². The third-order valence-electron chi connectivity index (χ3n) is 6.20. The molecule has 2 heteroatoms. The summed E-state index contributed by atoms with van der Waals surface area (Å²) in [7, 11) is 0. The fourth-order valence-corrected chi connectivity index (χ4v) is 4.93. The van der Waals surface area contributed by atoms with Crippen LogP contribution in [0.1, 0.15) is 39.4 Å². The SMILES string of the molecule is c1ccc2c(c1)CCc1ccccc1C1=C2ON2CCc3ccccc3C12. The van der Waals surface area contributed by atoms with Crippen molar-refractivity contribution in [2.24, 2.45) is 0 Å². The lowest BCUT2D eigenvalue weighted by Crippen LogP contribution is -2.31. The molecule has 0 amide bonds. The van der Waals surface area contributed by atoms with E-state index in [1.807, 2.05) is 0 Å². The van der Waals surface area contributed by atoms with E-state index in [0.29, 0.717) is 0 Å². The minimum Gasteiger partial charge on any atom is -0.404 e. The van der Waals surface area contributed by atoms with E-state index in [1.165, 1.54) is 39.0 Å². The lowest BCUT2D eigenvalue weighted by atomic mass is 9.81. The van der Waals surface area contributed by atoms with Crippen molar-refractivity contribution in [3.63, 3.8) is 0 Å². The lowest BCUT2D eigenvalue weighted by molar-refractivity contribution is -0.0952. The van der Waals surface area contributed by atoms with Gasteiger partial charge in [-0.3, -0.25) is 0 Å². The van der Waals surface area contributed by atoms with Crippen molar-refractivity contribution in [3.05, 3.63) is 106 Å². The van der Waals surface area contributed by atoms with Gasteiger partial charge in [-0.25, -0.2) is 0 Å². The molecule has 2 aliphatic heterocycles. The van der Waals surface area contributed by atoms with E-state index in [4.69, 9.17) is 4.84 Å². The van der Waals surface area contributed by atoms with Crippen LogP contribution in [0.4, 0.5) is 0 Å².